The number of nitrogens with zero attached hydrogens (tertiary/aromatic N) is 3. The fourth-order valence-corrected chi connectivity index (χ4v) is 3.36. The van der Waals surface area contributed by atoms with E-state index in [-0.39, 0.29) is 5.91 Å². The molecular weight excluding hydrogens is 320 g/mol. The van der Waals surface area contributed by atoms with E-state index < -0.39 is 0 Å². The Morgan fingerprint density at radius 2 is 2.18 bits per heavy atom. The number of fused-ring (bicyclic) bond motifs is 1. The van der Waals surface area contributed by atoms with Gasteiger partial charge in [0.1, 0.15) is 5.69 Å². The number of anilines is 1. The van der Waals surface area contributed by atoms with Crippen molar-refractivity contribution in [3.63, 3.8) is 0 Å². The number of aryl methyl sites for hydroxylation is 3. The molecule has 0 bridgehead atoms. The molecule has 114 valence electrons. The molecule has 3 rings (SSSR count). The summed E-state index contributed by atoms with van der Waals surface area (Å²) in [4.78, 5) is 16.9. The first-order valence-corrected chi connectivity index (χ1v) is 8.10. The van der Waals surface area contributed by atoms with Gasteiger partial charge in [-0.25, -0.2) is 4.98 Å². The van der Waals surface area contributed by atoms with Crippen molar-refractivity contribution in [2.75, 3.05) is 5.32 Å². The molecule has 0 fully saturated rings. The highest BCUT2D eigenvalue weighted by Gasteiger charge is 2.16. The Bertz CT molecular complexity index is 868. The highest BCUT2D eigenvalue weighted by Crippen LogP contribution is 2.31. The lowest BCUT2D eigenvalue weighted by Crippen LogP contribution is -2.17. The number of nitrogens with one attached hydrogen (secondary N) is 1. The number of thiazole rings is 1. The van der Waals surface area contributed by atoms with Crippen molar-refractivity contribution in [1.82, 2.24) is 14.8 Å². The zero-order valence-electron chi connectivity index (χ0n) is 12.5. The van der Waals surface area contributed by atoms with E-state index in [1.165, 1.54) is 11.3 Å². The lowest BCUT2D eigenvalue weighted by Gasteiger charge is -2.03. The first-order valence-electron chi connectivity index (χ1n) is 6.91. The van der Waals surface area contributed by atoms with Gasteiger partial charge >= 0.3 is 0 Å². The topological polar surface area (TPSA) is 59.8 Å². The van der Waals surface area contributed by atoms with Gasteiger partial charge < -0.3 is 0 Å². The molecule has 2 heterocycles. The minimum atomic E-state index is -0.203. The minimum absolute atomic E-state index is 0.203. The summed E-state index contributed by atoms with van der Waals surface area (Å²) < 4.78 is 2.68. The van der Waals surface area contributed by atoms with Crippen molar-refractivity contribution in [2.24, 2.45) is 0 Å². The molecule has 2 aromatic heterocycles. The van der Waals surface area contributed by atoms with Crippen molar-refractivity contribution in [1.29, 1.82) is 0 Å². The number of rotatable bonds is 3. The monoisotopic (exact) mass is 334 g/mol. The van der Waals surface area contributed by atoms with E-state index in [1.807, 2.05) is 32.9 Å². The number of hydrogen-bond donors (Lipinski definition) is 1. The van der Waals surface area contributed by atoms with E-state index in [2.05, 4.69) is 15.4 Å². The highest BCUT2D eigenvalue weighted by molar-refractivity contribution is 7.22. The van der Waals surface area contributed by atoms with Crippen LogP contribution in [0.15, 0.2) is 18.2 Å². The molecule has 0 saturated heterocycles. The maximum Gasteiger partial charge on any atom is 0.275 e. The van der Waals surface area contributed by atoms with Crippen LogP contribution in [-0.4, -0.2) is 20.7 Å². The van der Waals surface area contributed by atoms with Crippen molar-refractivity contribution < 1.29 is 4.79 Å². The molecule has 7 heteroatoms. The third-order valence-electron chi connectivity index (χ3n) is 3.40. The fraction of sp³-hybridized carbons (Fsp3) is 0.267. The van der Waals surface area contributed by atoms with Gasteiger partial charge in [-0.3, -0.25) is 14.8 Å². The number of amides is 1. The molecule has 0 aliphatic heterocycles. The average Bonchev–Trinajstić information content (AvgIpc) is 3.06. The van der Waals surface area contributed by atoms with Gasteiger partial charge in [0.25, 0.3) is 5.91 Å². The molecule has 0 aliphatic rings. The zero-order valence-corrected chi connectivity index (χ0v) is 14.0. The first kappa shape index (κ1) is 15.0. The summed E-state index contributed by atoms with van der Waals surface area (Å²) in [6.45, 7) is 6.38. The van der Waals surface area contributed by atoms with Gasteiger partial charge in [0.05, 0.1) is 15.9 Å². The molecule has 0 aliphatic carbocycles. The van der Waals surface area contributed by atoms with Gasteiger partial charge in [-0.05, 0) is 44.5 Å². The zero-order chi connectivity index (χ0) is 15.9. The Morgan fingerprint density at radius 3 is 2.91 bits per heavy atom. The number of benzene rings is 1. The Balaban J connectivity index is 1.92. The summed E-state index contributed by atoms with van der Waals surface area (Å²) in [5, 5.41) is 8.37. The van der Waals surface area contributed by atoms with Gasteiger partial charge in [-0.2, -0.15) is 5.10 Å². The van der Waals surface area contributed by atoms with E-state index in [1.54, 1.807) is 10.7 Å². The summed E-state index contributed by atoms with van der Waals surface area (Å²) in [5.41, 5.74) is 3.10. The summed E-state index contributed by atoms with van der Waals surface area (Å²) in [5.74, 6) is -0.203. The first-order chi connectivity index (χ1) is 10.5. The number of carbonyl (C=O) groups excluding carboxylic acids is 1. The van der Waals surface area contributed by atoms with E-state index in [0.717, 1.165) is 21.5 Å². The molecule has 0 atom stereocenters. The van der Waals surface area contributed by atoms with Crippen LogP contribution in [0.25, 0.3) is 10.2 Å². The lowest BCUT2D eigenvalue weighted by molar-refractivity contribution is 0.101. The molecular formula is C15H15ClN4OS. The second-order valence-corrected chi connectivity index (χ2v) is 6.42. The molecule has 1 N–H and O–H groups in total. The smallest absolute Gasteiger partial charge is 0.275 e. The van der Waals surface area contributed by atoms with Crippen LogP contribution >= 0.6 is 22.9 Å². The third kappa shape index (κ3) is 2.60. The van der Waals surface area contributed by atoms with Crippen molar-refractivity contribution in [3.05, 3.63) is 40.2 Å². The van der Waals surface area contributed by atoms with Crippen LogP contribution in [0.5, 0.6) is 0 Å². The molecule has 0 radical (unpaired) electrons. The quantitative estimate of drug-likeness (QED) is 0.786. The number of carbonyl (C=O) groups is 1. The van der Waals surface area contributed by atoms with E-state index in [9.17, 15) is 4.79 Å². The largest absolute Gasteiger partial charge is 0.296 e. The van der Waals surface area contributed by atoms with Crippen LogP contribution in [-0.2, 0) is 6.54 Å². The van der Waals surface area contributed by atoms with E-state index in [4.69, 9.17) is 11.6 Å². The standard InChI is InChI=1S/C15H15ClN4OS/c1-4-20-11(7-8(2)19-20)14(21)18-15-17-13-9(3)10(16)5-6-12(13)22-15/h5-7H,4H2,1-3H3,(H,17,18,21). The Kier molecular flexibility index (Phi) is 3.88. The fourth-order valence-electron chi connectivity index (χ4n) is 2.28. The third-order valence-corrected chi connectivity index (χ3v) is 4.75. The predicted octanol–water partition coefficient (Wildman–Crippen LogP) is 4.04. The predicted molar refractivity (Wildman–Crippen MR) is 90.0 cm³/mol. The average molecular weight is 335 g/mol. The Hall–Kier alpha value is -1.92. The van der Waals surface area contributed by atoms with Gasteiger partial charge in [0.2, 0.25) is 0 Å². The second-order valence-electron chi connectivity index (χ2n) is 4.98. The molecule has 5 nitrogen and oxygen atoms in total. The van der Waals surface area contributed by atoms with Crippen molar-refractivity contribution >= 4 is 44.2 Å². The second kappa shape index (κ2) is 5.70. The summed E-state index contributed by atoms with van der Waals surface area (Å²) in [6.07, 6.45) is 0. The van der Waals surface area contributed by atoms with Crippen molar-refractivity contribution in [3.8, 4) is 0 Å². The summed E-state index contributed by atoms with van der Waals surface area (Å²) in [6, 6.07) is 5.53. The SMILES string of the molecule is CCn1nc(C)cc1C(=O)Nc1nc2c(C)c(Cl)ccc2s1. The van der Waals surface area contributed by atoms with Crippen LogP contribution < -0.4 is 5.32 Å². The number of halogens is 1. The molecule has 1 aromatic carbocycles. The summed E-state index contributed by atoms with van der Waals surface area (Å²) in [7, 11) is 0. The molecule has 0 spiro atoms. The Labute approximate surface area is 136 Å². The van der Waals surface area contributed by atoms with Crippen LogP contribution in [0.3, 0.4) is 0 Å². The van der Waals surface area contributed by atoms with Gasteiger partial charge in [0, 0.05) is 11.6 Å². The number of hydrogen-bond acceptors (Lipinski definition) is 4. The van der Waals surface area contributed by atoms with Crippen LogP contribution in [0.1, 0.15) is 28.7 Å². The summed E-state index contributed by atoms with van der Waals surface area (Å²) >= 11 is 7.54. The molecule has 1 amide bonds. The Morgan fingerprint density at radius 1 is 1.41 bits per heavy atom. The molecule has 22 heavy (non-hydrogen) atoms. The van der Waals surface area contributed by atoms with Crippen LogP contribution in [0.2, 0.25) is 5.02 Å². The minimum Gasteiger partial charge on any atom is -0.296 e. The van der Waals surface area contributed by atoms with Gasteiger partial charge in [-0.1, -0.05) is 22.9 Å². The molecule has 0 saturated carbocycles. The maximum absolute atomic E-state index is 12.4. The van der Waals surface area contributed by atoms with Crippen LogP contribution in [0, 0.1) is 13.8 Å². The number of aromatic nitrogens is 3. The van der Waals surface area contributed by atoms with Crippen molar-refractivity contribution in [2.45, 2.75) is 27.3 Å². The van der Waals surface area contributed by atoms with Gasteiger partial charge in [0.15, 0.2) is 5.13 Å². The van der Waals surface area contributed by atoms with Crippen LogP contribution in [0.4, 0.5) is 5.13 Å². The molecule has 3 aromatic rings. The van der Waals surface area contributed by atoms with E-state index in [0.29, 0.717) is 22.4 Å². The highest BCUT2D eigenvalue weighted by atomic mass is 35.5. The van der Waals surface area contributed by atoms with E-state index >= 15 is 0 Å². The molecule has 0 unspecified atom stereocenters. The normalized spacial score (nSPS) is 11.1. The maximum atomic E-state index is 12.4. The van der Waals surface area contributed by atoms with Gasteiger partial charge in [-0.15, -0.1) is 0 Å². The lowest BCUT2D eigenvalue weighted by atomic mass is 10.2.